The summed E-state index contributed by atoms with van der Waals surface area (Å²) in [5.41, 5.74) is 3.32. The fraction of sp³-hybridized carbons (Fsp3) is 0.375. The molecule has 0 saturated heterocycles. The predicted octanol–water partition coefficient (Wildman–Crippen LogP) is 4.12. The molecule has 0 fully saturated rings. The van der Waals surface area contributed by atoms with Crippen molar-refractivity contribution in [1.29, 1.82) is 0 Å². The van der Waals surface area contributed by atoms with Crippen LogP contribution in [0.2, 0.25) is 5.02 Å². The van der Waals surface area contributed by atoms with Crippen molar-refractivity contribution in [2.45, 2.75) is 39.5 Å². The second-order valence-corrected chi connectivity index (χ2v) is 6.54. The first kappa shape index (κ1) is 14.8. The molecule has 0 atom stereocenters. The maximum absolute atomic E-state index is 11.1. The zero-order valence-electron chi connectivity index (χ0n) is 12.1. The van der Waals surface area contributed by atoms with E-state index < -0.39 is 5.97 Å². The molecule has 0 bridgehead atoms. The molecule has 0 spiro atoms. The highest BCUT2D eigenvalue weighted by Gasteiger charge is 2.19. The maximum atomic E-state index is 11.1. The molecule has 1 aromatic heterocycles. The van der Waals surface area contributed by atoms with E-state index in [0.29, 0.717) is 5.02 Å². The molecule has 20 heavy (non-hydrogen) atoms. The summed E-state index contributed by atoms with van der Waals surface area (Å²) < 4.78 is 0. The van der Waals surface area contributed by atoms with Gasteiger partial charge in [-0.1, -0.05) is 32.4 Å². The van der Waals surface area contributed by atoms with Crippen LogP contribution in [-0.2, 0) is 16.6 Å². The summed E-state index contributed by atoms with van der Waals surface area (Å²) in [6, 6.07) is 5.53. The van der Waals surface area contributed by atoms with Gasteiger partial charge in [0.2, 0.25) is 0 Å². The van der Waals surface area contributed by atoms with Crippen LogP contribution in [0.3, 0.4) is 0 Å². The Bertz CT molecular complexity index is 687. The number of carboxylic acids is 1. The van der Waals surface area contributed by atoms with Gasteiger partial charge in [-0.3, -0.25) is 9.78 Å². The highest BCUT2D eigenvalue weighted by atomic mass is 35.5. The number of pyridine rings is 1. The smallest absolute Gasteiger partial charge is 0.307 e. The van der Waals surface area contributed by atoms with Crippen molar-refractivity contribution in [3.8, 4) is 0 Å². The van der Waals surface area contributed by atoms with Crippen molar-refractivity contribution in [3.63, 3.8) is 0 Å². The number of hydrogen-bond acceptors (Lipinski definition) is 2. The number of hydrogen-bond donors (Lipinski definition) is 1. The molecule has 1 heterocycles. The Morgan fingerprint density at radius 2 is 1.95 bits per heavy atom. The van der Waals surface area contributed by atoms with E-state index in [1.54, 1.807) is 6.07 Å². The first-order valence-electron chi connectivity index (χ1n) is 6.50. The van der Waals surface area contributed by atoms with Crippen LogP contribution in [0.1, 0.15) is 37.6 Å². The minimum absolute atomic E-state index is 0.0259. The van der Waals surface area contributed by atoms with Gasteiger partial charge in [-0.05, 0) is 36.2 Å². The van der Waals surface area contributed by atoms with E-state index in [0.717, 1.165) is 27.7 Å². The third-order valence-electron chi connectivity index (χ3n) is 3.26. The number of fused-ring (bicyclic) bond motifs is 1. The van der Waals surface area contributed by atoms with Crippen LogP contribution in [0.4, 0.5) is 0 Å². The molecule has 106 valence electrons. The highest BCUT2D eigenvalue weighted by Crippen LogP contribution is 2.30. The molecule has 1 aromatic carbocycles. The van der Waals surface area contributed by atoms with Crippen molar-refractivity contribution >= 4 is 28.5 Å². The lowest BCUT2D eigenvalue weighted by atomic mass is 9.89. The van der Waals surface area contributed by atoms with Crippen LogP contribution < -0.4 is 0 Å². The van der Waals surface area contributed by atoms with Gasteiger partial charge in [0.15, 0.2) is 0 Å². The molecule has 0 unspecified atom stereocenters. The van der Waals surface area contributed by atoms with Crippen molar-refractivity contribution in [2.75, 3.05) is 0 Å². The lowest BCUT2D eigenvalue weighted by Gasteiger charge is -2.20. The van der Waals surface area contributed by atoms with Gasteiger partial charge in [-0.15, -0.1) is 0 Å². The van der Waals surface area contributed by atoms with E-state index in [2.05, 4.69) is 20.8 Å². The summed E-state index contributed by atoms with van der Waals surface area (Å²) in [5, 5.41) is 10.5. The number of aromatic nitrogens is 1. The Morgan fingerprint density at radius 1 is 1.30 bits per heavy atom. The summed E-state index contributed by atoms with van der Waals surface area (Å²) in [5.74, 6) is -0.852. The molecule has 0 saturated carbocycles. The molecule has 0 aliphatic heterocycles. The number of carboxylic acid groups (broad SMARTS) is 1. The van der Waals surface area contributed by atoms with E-state index in [1.807, 2.05) is 19.1 Å². The Morgan fingerprint density at radius 3 is 2.50 bits per heavy atom. The normalized spacial score (nSPS) is 11.8. The summed E-state index contributed by atoms with van der Waals surface area (Å²) in [6.07, 6.45) is -0.0259. The van der Waals surface area contributed by atoms with Crippen molar-refractivity contribution in [1.82, 2.24) is 4.98 Å². The number of halogens is 1. The molecule has 0 radical (unpaired) electrons. The van der Waals surface area contributed by atoms with Crippen LogP contribution in [0.5, 0.6) is 0 Å². The van der Waals surface area contributed by atoms with Crippen LogP contribution in [-0.4, -0.2) is 16.1 Å². The molecule has 4 heteroatoms. The number of aryl methyl sites for hydroxylation is 1. The standard InChI is InChI=1S/C16H18ClNO2/c1-9-5-11(17)8-12-10(7-14(19)20)6-13(16(2,3)4)18-15(9)12/h5-6,8H,7H2,1-4H3,(H,19,20). The summed E-state index contributed by atoms with van der Waals surface area (Å²) >= 11 is 6.09. The molecule has 1 N–H and O–H groups in total. The molecule has 2 rings (SSSR count). The number of carbonyl (C=O) groups is 1. The maximum Gasteiger partial charge on any atom is 0.307 e. The second-order valence-electron chi connectivity index (χ2n) is 6.11. The number of rotatable bonds is 2. The highest BCUT2D eigenvalue weighted by molar-refractivity contribution is 6.31. The number of nitrogens with zero attached hydrogens (tertiary/aromatic N) is 1. The van der Waals surface area contributed by atoms with Crippen molar-refractivity contribution in [2.24, 2.45) is 0 Å². The van der Waals surface area contributed by atoms with E-state index in [1.165, 1.54) is 0 Å². The third kappa shape index (κ3) is 2.93. The Kier molecular flexibility index (Phi) is 3.74. The van der Waals surface area contributed by atoms with Gasteiger partial charge >= 0.3 is 5.97 Å². The van der Waals surface area contributed by atoms with Crippen molar-refractivity contribution in [3.05, 3.63) is 40.0 Å². The third-order valence-corrected chi connectivity index (χ3v) is 3.48. The zero-order chi connectivity index (χ0) is 15.1. The van der Waals surface area contributed by atoms with Gasteiger partial charge < -0.3 is 5.11 Å². The fourth-order valence-electron chi connectivity index (χ4n) is 2.22. The van der Waals surface area contributed by atoms with E-state index >= 15 is 0 Å². The van der Waals surface area contributed by atoms with Gasteiger partial charge in [-0.25, -0.2) is 0 Å². The van der Waals surface area contributed by atoms with E-state index in [9.17, 15) is 4.79 Å². The number of benzene rings is 1. The Balaban J connectivity index is 2.81. The first-order valence-corrected chi connectivity index (χ1v) is 6.88. The fourth-order valence-corrected chi connectivity index (χ4v) is 2.49. The van der Waals surface area contributed by atoms with Crippen LogP contribution >= 0.6 is 11.6 Å². The quantitative estimate of drug-likeness (QED) is 0.905. The van der Waals surface area contributed by atoms with E-state index in [-0.39, 0.29) is 11.8 Å². The SMILES string of the molecule is Cc1cc(Cl)cc2c(CC(=O)O)cc(C(C)(C)C)nc12. The van der Waals surface area contributed by atoms with Crippen LogP contribution in [0.25, 0.3) is 10.9 Å². The van der Waals surface area contributed by atoms with E-state index in [4.69, 9.17) is 21.7 Å². The Labute approximate surface area is 123 Å². The molecule has 0 aliphatic rings. The van der Waals surface area contributed by atoms with Gasteiger partial charge in [-0.2, -0.15) is 0 Å². The summed E-state index contributed by atoms with van der Waals surface area (Å²) in [4.78, 5) is 15.8. The molecule has 0 amide bonds. The largest absolute Gasteiger partial charge is 0.481 e. The van der Waals surface area contributed by atoms with Crippen molar-refractivity contribution < 1.29 is 9.90 Å². The predicted molar refractivity (Wildman–Crippen MR) is 81.5 cm³/mol. The second kappa shape index (κ2) is 5.06. The minimum atomic E-state index is -0.852. The lowest BCUT2D eigenvalue weighted by Crippen LogP contribution is -2.15. The van der Waals surface area contributed by atoms with Crippen LogP contribution in [0, 0.1) is 6.92 Å². The zero-order valence-corrected chi connectivity index (χ0v) is 12.9. The average Bonchev–Trinajstić information content (AvgIpc) is 2.27. The lowest BCUT2D eigenvalue weighted by molar-refractivity contribution is -0.136. The van der Waals surface area contributed by atoms with Gasteiger partial charge in [0, 0.05) is 21.5 Å². The monoisotopic (exact) mass is 291 g/mol. The molecular formula is C16H18ClNO2. The Hall–Kier alpha value is -1.61. The van der Waals surface area contributed by atoms with Crippen LogP contribution in [0.15, 0.2) is 18.2 Å². The average molecular weight is 292 g/mol. The molecule has 3 nitrogen and oxygen atoms in total. The number of aliphatic carboxylic acids is 1. The van der Waals surface area contributed by atoms with Gasteiger partial charge in [0.25, 0.3) is 0 Å². The first-order chi connectivity index (χ1) is 9.18. The minimum Gasteiger partial charge on any atom is -0.481 e. The summed E-state index contributed by atoms with van der Waals surface area (Å²) in [7, 11) is 0. The molecule has 0 aliphatic carbocycles. The molecule has 2 aromatic rings. The van der Waals surface area contributed by atoms with Gasteiger partial charge in [0.1, 0.15) is 0 Å². The topological polar surface area (TPSA) is 50.2 Å². The van der Waals surface area contributed by atoms with Gasteiger partial charge in [0.05, 0.1) is 11.9 Å². The summed E-state index contributed by atoms with van der Waals surface area (Å²) in [6.45, 7) is 8.14. The molecular weight excluding hydrogens is 274 g/mol.